The van der Waals surface area contributed by atoms with E-state index in [1.54, 1.807) is 18.3 Å². The molecule has 144 valence electrons. The highest BCUT2D eigenvalue weighted by molar-refractivity contribution is 6.35. The van der Waals surface area contributed by atoms with Gasteiger partial charge in [0.05, 0.1) is 35.7 Å². The lowest BCUT2D eigenvalue weighted by Crippen LogP contribution is -2.38. The Balaban J connectivity index is 1.50. The fourth-order valence-electron chi connectivity index (χ4n) is 3.60. The first-order valence-electron chi connectivity index (χ1n) is 9.22. The summed E-state index contributed by atoms with van der Waals surface area (Å²) in [5.74, 6) is 0.260. The highest BCUT2D eigenvalue weighted by Crippen LogP contribution is 2.31. The Labute approximate surface area is 161 Å². The maximum Gasteiger partial charge on any atom is 0.256 e. The first-order valence-corrected chi connectivity index (χ1v) is 9.59. The lowest BCUT2D eigenvalue weighted by Gasteiger charge is -2.26. The first-order chi connectivity index (χ1) is 13.1. The van der Waals surface area contributed by atoms with Gasteiger partial charge in [-0.05, 0) is 25.1 Å². The molecule has 0 atom stereocenters. The first kappa shape index (κ1) is 18.3. The van der Waals surface area contributed by atoms with Gasteiger partial charge in [0, 0.05) is 25.8 Å². The minimum absolute atomic E-state index is 0.120. The maximum atomic E-state index is 12.9. The second kappa shape index (κ2) is 7.88. The summed E-state index contributed by atoms with van der Waals surface area (Å²) in [6.45, 7) is 5.85. The quantitative estimate of drug-likeness (QED) is 0.782. The van der Waals surface area contributed by atoms with Gasteiger partial charge in [-0.25, -0.2) is 0 Å². The molecule has 4 rings (SSSR count). The number of hydrogen-bond donors (Lipinski definition) is 1. The number of benzene rings is 1. The molecule has 2 aromatic rings. The lowest BCUT2D eigenvalue weighted by atomic mass is 10.1. The van der Waals surface area contributed by atoms with Crippen LogP contribution in [0.15, 0.2) is 23.1 Å². The van der Waals surface area contributed by atoms with Crippen LogP contribution in [0.25, 0.3) is 10.9 Å². The molecular formula is C19H22ClN3O4. The molecule has 2 aliphatic heterocycles. The number of halogens is 1. The van der Waals surface area contributed by atoms with Crippen molar-refractivity contribution in [1.29, 1.82) is 0 Å². The molecular weight excluding hydrogens is 370 g/mol. The van der Waals surface area contributed by atoms with Crippen molar-refractivity contribution in [2.45, 2.75) is 13.0 Å². The standard InChI is InChI=1S/C19H22ClN3O4/c20-14-2-3-15-17-16(14)18(24)13(12-23(17)8-11-27-15)19(25)21-4-1-5-22-6-9-26-10-7-22/h2-3,12H,1,4-11H2,(H,21,25). The minimum atomic E-state index is -0.361. The van der Waals surface area contributed by atoms with Crippen molar-refractivity contribution in [3.63, 3.8) is 0 Å². The topological polar surface area (TPSA) is 72.8 Å². The smallest absolute Gasteiger partial charge is 0.256 e. The second-order valence-electron chi connectivity index (χ2n) is 6.75. The van der Waals surface area contributed by atoms with Gasteiger partial charge < -0.3 is 19.4 Å². The van der Waals surface area contributed by atoms with Gasteiger partial charge in [0.1, 0.15) is 17.9 Å². The summed E-state index contributed by atoms with van der Waals surface area (Å²) in [5, 5.41) is 3.54. The van der Waals surface area contributed by atoms with Crippen LogP contribution in [0.5, 0.6) is 5.75 Å². The second-order valence-corrected chi connectivity index (χ2v) is 7.15. The van der Waals surface area contributed by atoms with Crippen LogP contribution in [0.3, 0.4) is 0 Å². The number of ether oxygens (including phenoxy) is 2. The maximum absolute atomic E-state index is 12.9. The van der Waals surface area contributed by atoms with Crippen LogP contribution in [0.2, 0.25) is 5.02 Å². The molecule has 3 heterocycles. The van der Waals surface area contributed by atoms with Gasteiger partial charge in [0.2, 0.25) is 5.43 Å². The Kier molecular flexibility index (Phi) is 5.33. The number of amides is 1. The highest BCUT2D eigenvalue weighted by Gasteiger charge is 2.22. The van der Waals surface area contributed by atoms with Crippen LogP contribution in [0, 0.1) is 0 Å². The van der Waals surface area contributed by atoms with E-state index in [1.807, 2.05) is 4.57 Å². The number of nitrogens with zero attached hydrogens (tertiary/aromatic N) is 2. The van der Waals surface area contributed by atoms with E-state index in [-0.39, 0.29) is 16.9 Å². The van der Waals surface area contributed by atoms with E-state index in [9.17, 15) is 9.59 Å². The van der Waals surface area contributed by atoms with Crippen molar-refractivity contribution >= 4 is 28.4 Å². The Morgan fingerprint density at radius 3 is 2.81 bits per heavy atom. The molecule has 1 amide bonds. The SMILES string of the molecule is O=C(NCCCN1CCOCC1)c1cn2c3c(ccc(Cl)c3c1=O)OCC2. The van der Waals surface area contributed by atoms with Crippen LogP contribution in [0.1, 0.15) is 16.8 Å². The summed E-state index contributed by atoms with van der Waals surface area (Å²) >= 11 is 6.26. The average molecular weight is 392 g/mol. The molecule has 1 saturated heterocycles. The summed E-state index contributed by atoms with van der Waals surface area (Å²) < 4.78 is 12.8. The summed E-state index contributed by atoms with van der Waals surface area (Å²) in [6, 6.07) is 3.39. The Morgan fingerprint density at radius 1 is 1.19 bits per heavy atom. The Morgan fingerprint density at radius 2 is 2.00 bits per heavy atom. The molecule has 0 saturated carbocycles. The monoisotopic (exact) mass is 391 g/mol. The van der Waals surface area contributed by atoms with Gasteiger partial charge in [0.25, 0.3) is 5.91 Å². The van der Waals surface area contributed by atoms with Gasteiger partial charge >= 0.3 is 0 Å². The number of nitrogens with one attached hydrogen (secondary N) is 1. The predicted octanol–water partition coefficient (Wildman–Crippen LogP) is 1.50. The van der Waals surface area contributed by atoms with Crippen molar-refractivity contribution in [2.75, 3.05) is 46.0 Å². The third kappa shape index (κ3) is 3.67. The summed E-state index contributed by atoms with van der Waals surface area (Å²) in [6.07, 6.45) is 2.44. The molecule has 1 N–H and O–H groups in total. The van der Waals surface area contributed by atoms with Crippen LogP contribution in [0.4, 0.5) is 0 Å². The van der Waals surface area contributed by atoms with Gasteiger partial charge in [-0.15, -0.1) is 0 Å². The van der Waals surface area contributed by atoms with Crippen LogP contribution in [-0.4, -0.2) is 61.4 Å². The number of rotatable bonds is 5. The van der Waals surface area contributed by atoms with Crippen molar-refractivity contribution in [3.8, 4) is 5.75 Å². The molecule has 7 nitrogen and oxygen atoms in total. The van der Waals surface area contributed by atoms with Gasteiger partial charge in [-0.3, -0.25) is 14.5 Å². The van der Waals surface area contributed by atoms with Crippen molar-refractivity contribution < 1.29 is 14.3 Å². The molecule has 2 aliphatic rings. The molecule has 27 heavy (non-hydrogen) atoms. The average Bonchev–Trinajstić information content (AvgIpc) is 2.69. The zero-order valence-electron chi connectivity index (χ0n) is 15.0. The van der Waals surface area contributed by atoms with Gasteiger partial charge in [-0.1, -0.05) is 11.6 Å². The number of carbonyl (C=O) groups excluding carboxylic acids is 1. The van der Waals surface area contributed by atoms with E-state index < -0.39 is 0 Å². The minimum Gasteiger partial charge on any atom is -0.490 e. The number of carbonyl (C=O) groups is 1. The van der Waals surface area contributed by atoms with Crippen molar-refractivity contribution in [3.05, 3.63) is 39.1 Å². The van der Waals surface area contributed by atoms with E-state index in [1.165, 1.54) is 0 Å². The molecule has 8 heteroatoms. The van der Waals surface area contributed by atoms with Gasteiger partial charge in [-0.2, -0.15) is 0 Å². The van der Waals surface area contributed by atoms with Crippen LogP contribution >= 0.6 is 11.6 Å². The summed E-state index contributed by atoms with van der Waals surface area (Å²) in [7, 11) is 0. The van der Waals surface area contributed by atoms with E-state index in [0.717, 1.165) is 39.3 Å². The largest absolute Gasteiger partial charge is 0.490 e. The van der Waals surface area contributed by atoms with E-state index in [4.69, 9.17) is 21.1 Å². The van der Waals surface area contributed by atoms with Crippen molar-refractivity contribution in [1.82, 2.24) is 14.8 Å². The fourth-order valence-corrected chi connectivity index (χ4v) is 3.83. The molecule has 0 unspecified atom stereocenters. The molecule has 0 bridgehead atoms. The summed E-state index contributed by atoms with van der Waals surface area (Å²) in [4.78, 5) is 27.8. The number of aromatic nitrogens is 1. The predicted molar refractivity (Wildman–Crippen MR) is 103 cm³/mol. The third-order valence-electron chi connectivity index (χ3n) is 5.01. The zero-order valence-corrected chi connectivity index (χ0v) is 15.8. The molecule has 0 spiro atoms. The number of morpholine rings is 1. The number of pyridine rings is 1. The molecule has 1 fully saturated rings. The lowest BCUT2D eigenvalue weighted by molar-refractivity contribution is 0.0374. The van der Waals surface area contributed by atoms with Gasteiger partial charge in [0.15, 0.2) is 0 Å². The van der Waals surface area contributed by atoms with Crippen LogP contribution in [-0.2, 0) is 11.3 Å². The molecule has 1 aromatic heterocycles. The van der Waals surface area contributed by atoms with E-state index >= 15 is 0 Å². The van der Waals surface area contributed by atoms with E-state index in [0.29, 0.717) is 41.4 Å². The molecule has 0 radical (unpaired) electrons. The molecule has 1 aromatic carbocycles. The summed E-state index contributed by atoms with van der Waals surface area (Å²) in [5.41, 5.74) is 0.418. The highest BCUT2D eigenvalue weighted by atomic mass is 35.5. The normalized spacial score (nSPS) is 16.9. The Hall–Kier alpha value is -2.09. The van der Waals surface area contributed by atoms with Crippen LogP contribution < -0.4 is 15.5 Å². The Bertz CT molecular complexity index is 921. The van der Waals surface area contributed by atoms with Crippen molar-refractivity contribution in [2.24, 2.45) is 0 Å². The zero-order chi connectivity index (χ0) is 18.8. The molecule has 0 aliphatic carbocycles. The van der Waals surface area contributed by atoms with E-state index in [2.05, 4.69) is 10.2 Å². The fraction of sp³-hybridized carbons (Fsp3) is 0.474. The third-order valence-corrected chi connectivity index (χ3v) is 5.32. The number of hydrogen-bond acceptors (Lipinski definition) is 5.